The second-order valence-electron chi connectivity index (χ2n) is 5.95. The van der Waals surface area contributed by atoms with Crippen LogP contribution in [0.2, 0.25) is 15.1 Å². The van der Waals surface area contributed by atoms with Gasteiger partial charge in [0.2, 0.25) is 0 Å². The number of pyridine rings is 1. The third kappa shape index (κ3) is 4.76. The Balaban J connectivity index is 2.15. The molecule has 0 aliphatic rings. The number of ether oxygens (including phenoxy) is 1. The Hall–Kier alpha value is -2.27. The van der Waals surface area contributed by atoms with Crippen LogP contribution in [0.5, 0.6) is 5.75 Å². The topological polar surface area (TPSA) is 51.2 Å². The normalized spacial score (nSPS) is 11.7. The van der Waals surface area contributed by atoms with Crippen LogP contribution in [-0.2, 0) is 4.79 Å². The van der Waals surface area contributed by atoms with Crippen LogP contribution >= 0.6 is 34.8 Å². The highest BCUT2D eigenvalue weighted by molar-refractivity contribution is 6.42. The summed E-state index contributed by atoms with van der Waals surface area (Å²) in [5, 5.41) is 4.64. The molecule has 0 saturated heterocycles. The third-order valence-electron chi connectivity index (χ3n) is 4.04. The van der Waals surface area contributed by atoms with Gasteiger partial charge in [-0.05, 0) is 42.0 Å². The van der Waals surface area contributed by atoms with Crippen LogP contribution in [0.3, 0.4) is 0 Å². The average Bonchev–Trinajstić information content (AvgIpc) is 2.70. The first-order valence-corrected chi connectivity index (χ1v) is 9.74. The molecule has 1 N–H and O–H groups in total. The number of halogens is 3. The minimum absolute atomic E-state index is 0.248. The van der Waals surface area contributed by atoms with Crippen molar-refractivity contribution in [2.45, 2.75) is 19.4 Å². The van der Waals surface area contributed by atoms with E-state index in [4.69, 9.17) is 39.5 Å². The summed E-state index contributed by atoms with van der Waals surface area (Å²) < 4.78 is 5.53. The minimum atomic E-state index is -0.501. The monoisotopic (exact) mass is 434 g/mol. The lowest BCUT2D eigenvalue weighted by molar-refractivity contribution is -0.134. The van der Waals surface area contributed by atoms with Crippen molar-refractivity contribution >= 4 is 46.6 Å². The molecule has 3 aromatic rings. The number of aromatic nitrogens is 1. The van der Waals surface area contributed by atoms with Crippen LogP contribution in [0.4, 0.5) is 5.82 Å². The molecular weight excluding hydrogens is 419 g/mol. The van der Waals surface area contributed by atoms with Crippen molar-refractivity contribution < 1.29 is 9.53 Å². The molecule has 7 heteroatoms. The van der Waals surface area contributed by atoms with Crippen LogP contribution in [0.25, 0.3) is 0 Å². The summed E-state index contributed by atoms with van der Waals surface area (Å²) >= 11 is 19.0. The van der Waals surface area contributed by atoms with E-state index in [9.17, 15) is 4.79 Å². The van der Waals surface area contributed by atoms with Crippen LogP contribution in [0, 0.1) is 0 Å². The summed E-state index contributed by atoms with van der Waals surface area (Å²) in [6.45, 7) is 1.73. The lowest BCUT2D eigenvalue weighted by Crippen LogP contribution is -2.17. The second-order valence-corrected chi connectivity index (χ2v) is 7.17. The van der Waals surface area contributed by atoms with Gasteiger partial charge in [-0.2, -0.15) is 0 Å². The van der Waals surface area contributed by atoms with Gasteiger partial charge in [0.25, 0.3) is 0 Å². The van der Waals surface area contributed by atoms with Gasteiger partial charge in [-0.3, -0.25) is 4.79 Å². The molecule has 0 aliphatic carbocycles. The first-order valence-electron chi connectivity index (χ1n) is 8.61. The molecule has 0 radical (unpaired) electrons. The maximum Gasteiger partial charge on any atom is 0.310 e. The predicted molar refractivity (Wildman–Crippen MR) is 114 cm³/mol. The van der Waals surface area contributed by atoms with Crippen molar-refractivity contribution in [3.63, 3.8) is 0 Å². The van der Waals surface area contributed by atoms with E-state index in [2.05, 4.69) is 10.3 Å². The number of nitrogens with one attached hydrogen (secondary N) is 1. The fraction of sp³-hybridized carbons (Fsp3) is 0.143. The van der Waals surface area contributed by atoms with Gasteiger partial charge in [-0.25, -0.2) is 4.98 Å². The summed E-state index contributed by atoms with van der Waals surface area (Å²) in [5.74, 6) is 0.661. The van der Waals surface area contributed by atoms with Gasteiger partial charge in [0, 0.05) is 23.2 Å². The van der Waals surface area contributed by atoms with Gasteiger partial charge in [-0.15, -0.1) is 0 Å². The van der Waals surface area contributed by atoms with Gasteiger partial charge < -0.3 is 10.1 Å². The summed E-state index contributed by atoms with van der Waals surface area (Å²) in [6, 6.07) is 15.4. The van der Waals surface area contributed by atoms with E-state index in [1.54, 1.807) is 43.5 Å². The lowest BCUT2D eigenvalue weighted by Gasteiger charge is -2.24. The molecule has 3 rings (SSSR count). The Labute approximate surface area is 178 Å². The predicted octanol–water partition coefficient (Wildman–Crippen LogP) is 6.56. The molecule has 0 amide bonds. The maximum absolute atomic E-state index is 11.9. The van der Waals surface area contributed by atoms with E-state index in [-0.39, 0.29) is 12.4 Å². The highest BCUT2D eigenvalue weighted by Gasteiger charge is 2.24. The number of hydrogen-bond acceptors (Lipinski definition) is 4. The number of carbonyl (C=O) groups excluding carboxylic acids is 1. The largest absolute Gasteiger partial charge is 0.426 e. The molecule has 0 fully saturated rings. The zero-order valence-corrected chi connectivity index (χ0v) is 17.2. The number of rotatable bonds is 6. The number of anilines is 1. The van der Waals surface area contributed by atoms with Gasteiger partial charge in [0.1, 0.15) is 11.6 Å². The molecule has 0 bridgehead atoms. The summed E-state index contributed by atoms with van der Waals surface area (Å²) in [6.07, 6.45) is 1.92. The standard InChI is InChI=1S/C21H17Cl3N2O2/c1-2-19(27)28-17-10-9-13(22)12-15(17)21(26-18-8-3-4-11-25-18)14-6-5-7-16(23)20(14)24/h3-12,21H,2H2,1H3,(H,25,26). The Morgan fingerprint density at radius 1 is 1.07 bits per heavy atom. The zero-order valence-electron chi connectivity index (χ0n) is 15.0. The first kappa shape index (κ1) is 20.5. The highest BCUT2D eigenvalue weighted by atomic mass is 35.5. The van der Waals surface area contributed by atoms with E-state index >= 15 is 0 Å². The average molecular weight is 436 g/mol. The Morgan fingerprint density at radius 2 is 1.89 bits per heavy atom. The first-order chi connectivity index (χ1) is 13.5. The van der Waals surface area contributed by atoms with Crippen LogP contribution < -0.4 is 10.1 Å². The molecule has 1 heterocycles. The number of nitrogens with zero attached hydrogens (tertiary/aromatic N) is 1. The quantitative estimate of drug-likeness (QED) is 0.352. The van der Waals surface area contributed by atoms with Crippen molar-refractivity contribution in [1.29, 1.82) is 0 Å². The molecule has 0 spiro atoms. The molecular formula is C21H17Cl3N2O2. The molecule has 4 nitrogen and oxygen atoms in total. The number of carbonyl (C=O) groups is 1. The molecule has 2 aromatic carbocycles. The van der Waals surface area contributed by atoms with Crippen LogP contribution in [-0.4, -0.2) is 11.0 Å². The molecule has 0 aliphatic heterocycles. The van der Waals surface area contributed by atoms with Crippen LogP contribution in [0.1, 0.15) is 30.5 Å². The molecule has 0 saturated carbocycles. The molecule has 1 unspecified atom stereocenters. The van der Waals surface area contributed by atoms with Gasteiger partial charge in [0.05, 0.1) is 16.1 Å². The van der Waals surface area contributed by atoms with E-state index < -0.39 is 6.04 Å². The number of hydrogen-bond donors (Lipinski definition) is 1. The summed E-state index contributed by atoms with van der Waals surface area (Å²) in [7, 11) is 0. The smallest absolute Gasteiger partial charge is 0.310 e. The third-order valence-corrected chi connectivity index (χ3v) is 5.11. The summed E-state index contributed by atoms with van der Waals surface area (Å²) in [4.78, 5) is 16.2. The molecule has 1 atom stereocenters. The molecule has 1 aromatic heterocycles. The fourth-order valence-corrected chi connectivity index (χ4v) is 3.29. The number of esters is 1. The van der Waals surface area contributed by atoms with Crippen molar-refractivity contribution in [1.82, 2.24) is 4.98 Å². The van der Waals surface area contributed by atoms with Crippen molar-refractivity contribution in [2.24, 2.45) is 0 Å². The number of benzene rings is 2. The van der Waals surface area contributed by atoms with Crippen molar-refractivity contribution in [3.8, 4) is 5.75 Å². The second kappa shape index (κ2) is 9.28. The Kier molecular flexibility index (Phi) is 6.79. The molecule has 28 heavy (non-hydrogen) atoms. The lowest BCUT2D eigenvalue weighted by atomic mass is 9.97. The highest BCUT2D eigenvalue weighted by Crippen LogP contribution is 2.39. The molecule has 144 valence electrons. The van der Waals surface area contributed by atoms with Crippen molar-refractivity contribution in [2.75, 3.05) is 5.32 Å². The Bertz CT molecular complexity index is 981. The fourth-order valence-electron chi connectivity index (χ4n) is 2.70. The van der Waals surface area contributed by atoms with Gasteiger partial charge >= 0.3 is 5.97 Å². The van der Waals surface area contributed by atoms with E-state index in [1.807, 2.05) is 24.3 Å². The SMILES string of the molecule is CCC(=O)Oc1ccc(Cl)cc1C(Nc1ccccn1)c1cccc(Cl)c1Cl. The van der Waals surface area contributed by atoms with Gasteiger partial charge in [-0.1, -0.05) is 59.9 Å². The van der Waals surface area contributed by atoms with E-state index in [0.717, 1.165) is 0 Å². The van der Waals surface area contributed by atoms with Crippen molar-refractivity contribution in [3.05, 3.63) is 87.0 Å². The Morgan fingerprint density at radius 3 is 2.61 bits per heavy atom. The van der Waals surface area contributed by atoms with Crippen LogP contribution in [0.15, 0.2) is 60.8 Å². The zero-order chi connectivity index (χ0) is 20.1. The van der Waals surface area contributed by atoms with Gasteiger partial charge in [0.15, 0.2) is 0 Å². The van der Waals surface area contributed by atoms with E-state index in [0.29, 0.717) is 37.8 Å². The van der Waals surface area contributed by atoms with E-state index in [1.165, 1.54) is 0 Å². The minimum Gasteiger partial charge on any atom is -0.426 e. The summed E-state index contributed by atoms with van der Waals surface area (Å²) in [5.41, 5.74) is 1.35. The maximum atomic E-state index is 11.9.